The van der Waals surface area contributed by atoms with Gasteiger partial charge in [0, 0.05) is 30.6 Å². The van der Waals surface area contributed by atoms with Crippen LogP contribution in [0.15, 0.2) is 241 Å². The number of hydrogen-bond acceptors (Lipinski definition) is 4. The second-order valence-corrected chi connectivity index (χ2v) is 30.3. The van der Waals surface area contributed by atoms with E-state index < -0.39 is 21.7 Å². The van der Waals surface area contributed by atoms with Gasteiger partial charge in [-0.2, -0.15) is 0 Å². The molecule has 0 amide bonds. The van der Waals surface area contributed by atoms with Gasteiger partial charge in [-0.05, 0) is 203 Å². The van der Waals surface area contributed by atoms with Gasteiger partial charge in [0.1, 0.15) is 0 Å². The van der Waals surface area contributed by atoms with E-state index in [1.807, 2.05) is 22.7 Å². The van der Waals surface area contributed by atoms with Gasteiger partial charge < -0.3 is 0 Å². The summed E-state index contributed by atoms with van der Waals surface area (Å²) in [5.41, 5.74) is 34.4. The van der Waals surface area contributed by atoms with Crippen molar-refractivity contribution in [2.24, 2.45) is 0 Å². The van der Waals surface area contributed by atoms with Crippen molar-refractivity contribution in [3.63, 3.8) is 0 Å². The molecule has 18 rings (SSSR count). The third-order valence-corrected chi connectivity index (χ3v) is 25.7. The van der Waals surface area contributed by atoms with Gasteiger partial charge >= 0.3 is 0 Å². The summed E-state index contributed by atoms with van der Waals surface area (Å²) in [6.07, 6.45) is 0. The van der Waals surface area contributed by atoms with Crippen molar-refractivity contribution < 1.29 is 0 Å². The van der Waals surface area contributed by atoms with Gasteiger partial charge in [0.25, 0.3) is 0 Å². The molecule has 4 aromatic heterocycles. The van der Waals surface area contributed by atoms with Crippen molar-refractivity contribution in [2.45, 2.75) is 77.0 Å². The largest absolute Gasteiger partial charge is 0.143 e. The molecule has 4 aliphatic rings. The Morgan fingerprint density at radius 1 is 0.211 bits per heavy atom. The zero-order chi connectivity index (χ0) is 60.7. The maximum atomic E-state index is 2.70. The maximum absolute atomic E-state index is 2.70. The molecule has 4 aliphatic carbocycles. The van der Waals surface area contributed by atoms with Gasteiger partial charge in [0.05, 0.1) is 31.1 Å². The number of aryl methyl sites for hydroxylation is 8. The van der Waals surface area contributed by atoms with Gasteiger partial charge in [0.2, 0.25) is 0 Å². The van der Waals surface area contributed by atoms with Crippen LogP contribution in [0.4, 0.5) is 0 Å². The highest BCUT2D eigenvalue weighted by Gasteiger charge is 2.58. The van der Waals surface area contributed by atoms with Crippen LogP contribution in [-0.4, -0.2) is 0 Å². The van der Waals surface area contributed by atoms with E-state index >= 15 is 0 Å². The average Bonchev–Trinajstić information content (AvgIpc) is 1.49. The fourth-order valence-electron chi connectivity index (χ4n) is 16.9. The minimum atomic E-state index is -0.675. The first-order chi connectivity index (χ1) is 43.8. The lowest BCUT2D eigenvalue weighted by Gasteiger charge is -2.36. The summed E-state index contributed by atoms with van der Waals surface area (Å²) in [5, 5.41) is 4.68. The van der Waals surface area contributed by atoms with Gasteiger partial charge in [-0.1, -0.05) is 239 Å². The number of benzene rings is 10. The van der Waals surface area contributed by atoms with Gasteiger partial charge in [-0.15, -0.1) is 45.3 Å². The predicted molar refractivity (Wildman–Crippen MR) is 383 cm³/mol. The molecule has 90 heavy (non-hydrogen) atoms. The molecule has 432 valence electrons. The molecule has 0 aliphatic heterocycles. The zero-order valence-electron chi connectivity index (χ0n) is 51.7. The Balaban J connectivity index is 1.01. The first-order valence-electron chi connectivity index (χ1n) is 31.6. The molecule has 0 radical (unpaired) electrons. The summed E-state index contributed by atoms with van der Waals surface area (Å²) < 4.78 is 2.77. The number of thiophene rings is 4. The van der Waals surface area contributed by atoms with Crippen molar-refractivity contribution in [2.75, 3.05) is 0 Å². The van der Waals surface area contributed by atoms with E-state index in [4.69, 9.17) is 0 Å². The Morgan fingerprint density at radius 3 is 0.644 bits per heavy atom. The molecule has 4 heterocycles. The topological polar surface area (TPSA) is 0 Å². The van der Waals surface area contributed by atoms with Crippen LogP contribution in [-0.2, 0) is 21.7 Å². The Bertz CT molecular complexity index is 4730. The highest BCUT2D eigenvalue weighted by molar-refractivity contribution is 7.32. The minimum absolute atomic E-state index is 0.543. The normalized spacial score (nSPS) is 15.2. The average molecular weight is 1230 g/mol. The van der Waals surface area contributed by atoms with E-state index in [1.165, 1.54) is 185 Å². The third-order valence-electron chi connectivity index (χ3n) is 21.2. The van der Waals surface area contributed by atoms with Crippen LogP contribution in [0, 0.1) is 55.4 Å². The second kappa shape index (κ2) is 19.4. The fourth-order valence-corrected chi connectivity index (χ4v) is 22.0. The lowest BCUT2D eigenvalue weighted by molar-refractivity contribution is 0.761. The van der Waals surface area contributed by atoms with Crippen molar-refractivity contribution in [1.29, 1.82) is 0 Å². The van der Waals surface area contributed by atoms with E-state index in [1.54, 1.807) is 0 Å². The van der Waals surface area contributed by atoms with Crippen molar-refractivity contribution >= 4 is 54.7 Å². The van der Waals surface area contributed by atoms with Crippen LogP contribution >= 0.6 is 45.3 Å². The third kappa shape index (κ3) is 7.00. The first kappa shape index (κ1) is 54.2. The quantitative estimate of drug-likeness (QED) is 0.142. The lowest BCUT2D eigenvalue weighted by atomic mass is 9.65. The maximum Gasteiger partial charge on any atom is 0.0736 e. The molecule has 14 aromatic rings. The minimum Gasteiger partial charge on any atom is -0.143 e. The molecule has 4 heteroatoms. The molecule has 0 saturated heterocycles. The molecule has 0 unspecified atom stereocenters. The Morgan fingerprint density at radius 2 is 0.411 bits per heavy atom. The first-order valence-corrected chi connectivity index (χ1v) is 35.0. The zero-order valence-corrected chi connectivity index (χ0v) is 55.0. The molecular formula is C86H64S4. The van der Waals surface area contributed by atoms with Crippen LogP contribution in [0.3, 0.4) is 0 Å². The smallest absolute Gasteiger partial charge is 0.0736 e. The van der Waals surface area contributed by atoms with Gasteiger partial charge in [-0.3, -0.25) is 0 Å². The summed E-state index contributed by atoms with van der Waals surface area (Å²) in [5.74, 6) is 0. The monoisotopic (exact) mass is 1220 g/mol. The van der Waals surface area contributed by atoms with Crippen LogP contribution < -0.4 is 0 Å². The molecule has 0 N–H and O–H groups in total. The molecule has 0 atom stereocenters. The summed E-state index contributed by atoms with van der Waals surface area (Å²) in [6.45, 7) is 17.8. The van der Waals surface area contributed by atoms with Crippen LogP contribution in [0.5, 0.6) is 0 Å². The number of fused-ring (bicyclic) bond motifs is 15. The molecular weight excluding hydrogens is 1160 g/mol. The van der Waals surface area contributed by atoms with E-state index in [-0.39, 0.29) is 0 Å². The van der Waals surface area contributed by atoms with E-state index in [0.717, 1.165) is 0 Å². The highest BCUT2D eigenvalue weighted by atomic mass is 32.1. The van der Waals surface area contributed by atoms with E-state index in [0.29, 0.717) is 0 Å². The summed E-state index contributed by atoms with van der Waals surface area (Å²) in [7, 11) is 0. The molecule has 0 fully saturated rings. The summed E-state index contributed by atoms with van der Waals surface area (Å²) >= 11 is 7.92. The van der Waals surface area contributed by atoms with E-state index in [2.05, 4.69) is 319 Å². The molecule has 0 nitrogen and oxygen atoms in total. The second-order valence-electron chi connectivity index (χ2n) is 26.4. The van der Waals surface area contributed by atoms with Crippen LogP contribution in [0.25, 0.3) is 51.2 Å². The Hall–Kier alpha value is -8.74. The number of rotatable bonds is 8. The Labute approximate surface area is 544 Å². The standard InChI is InChI=1S/C86H64S4/c1-49-9-25-57(26-10-49)83(58-27-11-50(2)12-28-58)69-41-43-87-77(69)65-45-73-67(47-71(65)83)79-75(85(73,61-33-17-53(5)18-34-61)62-35-19-54(6)20-36-62)81-82(89-79)76-80(90-81)68-48-72-66(46-74(68)86(76,63-37-21-55(7)22-38-63)64-39-23-56(8)24-40-64)78-70(42-44-88-78)84(72,59-29-13-51(3)14-30-59)60-31-15-52(4)16-32-60/h9-48H,1-8H3. The van der Waals surface area contributed by atoms with Crippen molar-refractivity contribution in [1.82, 2.24) is 0 Å². The van der Waals surface area contributed by atoms with E-state index in [9.17, 15) is 0 Å². The van der Waals surface area contributed by atoms with Gasteiger partial charge in [0.15, 0.2) is 0 Å². The van der Waals surface area contributed by atoms with Crippen LogP contribution in [0.1, 0.15) is 134 Å². The lowest BCUT2D eigenvalue weighted by Crippen LogP contribution is -2.30. The SMILES string of the molecule is Cc1ccc(C2(c3ccc(C)cc3)c3cc4c(cc3-c3sccc32)C(c2ccc(C)cc2)(c2ccc(C)cc2)c2c-4sc3c4c(sc23)-c2cc3c(cc2C4(c2ccc(C)cc2)c2ccc(C)cc2)-c2sccc2C3(c2ccc(C)cc2)c2ccc(C)cc2)cc1. The fraction of sp³-hybridized carbons (Fsp3) is 0.140. The number of hydrogen-bond donors (Lipinski definition) is 0. The Kier molecular flexibility index (Phi) is 11.7. The van der Waals surface area contributed by atoms with Crippen molar-refractivity contribution in [3.8, 4) is 41.8 Å². The highest BCUT2D eigenvalue weighted by Crippen LogP contribution is 2.72. The summed E-state index contributed by atoms with van der Waals surface area (Å²) in [4.78, 5) is 5.46. The molecule has 0 spiro atoms. The molecule has 0 saturated carbocycles. The predicted octanol–water partition coefficient (Wildman–Crippen LogP) is 23.0. The molecule has 0 bridgehead atoms. The van der Waals surface area contributed by atoms with Crippen LogP contribution in [0.2, 0.25) is 0 Å². The summed E-state index contributed by atoms with van der Waals surface area (Å²) in [6, 6.07) is 92.0. The molecule has 10 aromatic carbocycles. The van der Waals surface area contributed by atoms with Gasteiger partial charge in [-0.25, -0.2) is 0 Å². The van der Waals surface area contributed by atoms with Crippen molar-refractivity contribution in [3.05, 3.63) is 375 Å².